The van der Waals surface area contributed by atoms with Gasteiger partial charge in [0.15, 0.2) is 0 Å². The molecule has 0 amide bonds. The van der Waals surface area contributed by atoms with Crippen LogP contribution in [-0.4, -0.2) is 12.0 Å². The number of carbonyl (C=O) groups excluding carboxylic acids is 1. The molecule has 0 saturated carbocycles. The van der Waals surface area contributed by atoms with Crippen molar-refractivity contribution in [1.82, 2.24) is 0 Å². The Kier molecular flexibility index (Phi) is 3.88. The molecule has 1 unspecified atom stereocenters. The molecule has 0 fully saturated rings. The van der Waals surface area contributed by atoms with Gasteiger partial charge in [-0.25, -0.2) is 0 Å². The molecule has 0 aromatic heterocycles. The number of benzene rings is 1. The van der Waals surface area contributed by atoms with E-state index >= 15 is 0 Å². The lowest BCUT2D eigenvalue weighted by Crippen LogP contribution is -2.07. The summed E-state index contributed by atoms with van der Waals surface area (Å²) in [5.74, 6) is 0.675. The van der Waals surface area contributed by atoms with Crippen molar-refractivity contribution in [3.05, 3.63) is 35.9 Å². The first kappa shape index (κ1) is 9.33. The van der Waals surface area contributed by atoms with E-state index in [2.05, 4.69) is 12.6 Å². The molecule has 2 heteroatoms. The summed E-state index contributed by atoms with van der Waals surface area (Å²) in [6, 6.07) is 9.99. The molecule has 0 spiro atoms. The van der Waals surface area contributed by atoms with Crippen molar-refractivity contribution in [2.45, 2.75) is 6.42 Å². The number of carbonyl (C=O) groups is 1. The average Bonchev–Trinajstić information content (AvgIpc) is 2.16. The molecule has 1 aromatic rings. The zero-order chi connectivity index (χ0) is 8.81. The zero-order valence-electron chi connectivity index (χ0n) is 6.81. The highest BCUT2D eigenvalue weighted by atomic mass is 32.1. The van der Waals surface area contributed by atoms with Crippen LogP contribution in [0.5, 0.6) is 0 Å². The molecule has 0 N–H and O–H groups in total. The van der Waals surface area contributed by atoms with E-state index in [0.717, 1.165) is 12.7 Å². The van der Waals surface area contributed by atoms with Crippen LogP contribution in [-0.2, 0) is 11.2 Å². The number of hydrogen-bond acceptors (Lipinski definition) is 2. The second-order valence-corrected chi connectivity index (χ2v) is 3.13. The molecule has 0 bridgehead atoms. The van der Waals surface area contributed by atoms with Gasteiger partial charge in [-0.1, -0.05) is 30.3 Å². The Balaban J connectivity index is 2.56. The fourth-order valence-corrected chi connectivity index (χ4v) is 1.29. The number of rotatable bonds is 4. The summed E-state index contributed by atoms with van der Waals surface area (Å²) in [5.41, 5.74) is 1.20. The van der Waals surface area contributed by atoms with E-state index in [4.69, 9.17) is 0 Å². The fourth-order valence-electron chi connectivity index (χ4n) is 1.07. The highest BCUT2D eigenvalue weighted by molar-refractivity contribution is 7.80. The lowest BCUT2D eigenvalue weighted by molar-refractivity contribution is -0.110. The Morgan fingerprint density at radius 1 is 1.33 bits per heavy atom. The van der Waals surface area contributed by atoms with Gasteiger partial charge >= 0.3 is 0 Å². The Hall–Kier alpha value is -0.760. The van der Waals surface area contributed by atoms with E-state index in [1.54, 1.807) is 0 Å². The van der Waals surface area contributed by atoms with E-state index in [1.807, 2.05) is 30.3 Å². The van der Waals surface area contributed by atoms with Crippen LogP contribution >= 0.6 is 12.6 Å². The summed E-state index contributed by atoms with van der Waals surface area (Å²) < 4.78 is 0. The van der Waals surface area contributed by atoms with E-state index in [9.17, 15) is 4.79 Å². The minimum atomic E-state index is 0.0516. The highest BCUT2D eigenvalue weighted by Gasteiger charge is 2.04. The van der Waals surface area contributed by atoms with Crippen LogP contribution in [0.25, 0.3) is 0 Å². The summed E-state index contributed by atoms with van der Waals surface area (Å²) in [6.07, 6.45) is 1.77. The van der Waals surface area contributed by atoms with Crippen LogP contribution in [0, 0.1) is 5.92 Å². The molecule has 64 valence electrons. The van der Waals surface area contributed by atoms with Gasteiger partial charge in [0.1, 0.15) is 6.29 Å². The molecule has 1 atom stereocenters. The molecular weight excluding hydrogens is 168 g/mol. The Labute approximate surface area is 78.2 Å². The molecule has 0 aliphatic rings. The molecule has 0 heterocycles. The third-order valence-electron chi connectivity index (χ3n) is 1.77. The summed E-state index contributed by atoms with van der Waals surface area (Å²) in [6.45, 7) is 0. The molecule has 12 heavy (non-hydrogen) atoms. The standard InChI is InChI=1S/C10H12OS/c11-7-10(8-12)6-9-4-2-1-3-5-9/h1-5,7,10,12H,6,8H2. The van der Waals surface area contributed by atoms with Gasteiger partial charge in [0.2, 0.25) is 0 Å². The van der Waals surface area contributed by atoms with Crippen LogP contribution < -0.4 is 0 Å². The molecule has 0 radical (unpaired) electrons. The number of aldehydes is 1. The largest absolute Gasteiger partial charge is 0.303 e. The van der Waals surface area contributed by atoms with Crippen LogP contribution in [0.2, 0.25) is 0 Å². The SMILES string of the molecule is O=CC(CS)Cc1ccccc1. The first-order chi connectivity index (χ1) is 5.86. The summed E-state index contributed by atoms with van der Waals surface area (Å²) >= 11 is 4.09. The first-order valence-electron chi connectivity index (χ1n) is 3.97. The lowest BCUT2D eigenvalue weighted by Gasteiger charge is -2.05. The molecule has 1 rings (SSSR count). The predicted octanol–water partition coefficient (Wildman–Crippen LogP) is 1.97. The van der Waals surface area contributed by atoms with Gasteiger partial charge in [0.05, 0.1) is 0 Å². The van der Waals surface area contributed by atoms with E-state index < -0.39 is 0 Å². The predicted molar refractivity (Wildman–Crippen MR) is 53.6 cm³/mol. The second-order valence-electron chi connectivity index (χ2n) is 2.77. The summed E-state index contributed by atoms with van der Waals surface area (Å²) in [7, 11) is 0. The van der Waals surface area contributed by atoms with E-state index in [0.29, 0.717) is 5.75 Å². The van der Waals surface area contributed by atoms with Crippen LogP contribution in [0.3, 0.4) is 0 Å². The number of hydrogen-bond donors (Lipinski definition) is 1. The third-order valence-corrected chi connectivity index (χ3v) is 2.24. The Morgan fingerprint density at radius 3 is 2.50 bits per heavy atom. The monoisotopic (exact) mass is 180 g/mol. The van der Waals surface area contributed by atoms with Crippen molar-refractivity contribution in [1.29, 1.82) is 0 Å². The van der Waals surface area contributed by atoms with E-state index in [-0.39, 0.29) is 5.92 Å². The Bertz CT molecular complexity index is 233. The van der Waals surface area contributed by atoms with Gasteiger partial charge in [-0.05, 0) is 12.0 Å². The second kappa shape index (κ2) is 4.99. The molecular formula is C10H12OS. The van der Waals surface area contributed by atoms with Crippen molar-refractivity contribution in [2.75, 3.05) is 5.75 Å². The van der Waals surface area contributed by atoms with Gasteiger partial charge < -0.3 is 4.79 Å². The van der Waals surface area contributed by atoms with Crippen molar-refractivity contribution < 1.29 is 4.79 Å². The quantitative estimate of drug-likeness (QED) is 0.554. The summed E-state index contributed by atoms with van der Waals surface area (Å²) in [5, 5.41) is 0. The first-order valence-corrected chi connectivity index (χ1v) is 4.60. The Morgan fingerprint density at radius 2 is 2.00 bits per heavy atom. The third kappa shape index (κ3) is 2.70. The lowest BCUT2D eigenvalue weighted by atomic mass is 10.0. The van der Waals surface area contributed by atoms with Gasteiger partial charge in [-0.15, -0.1) is 0 Å². The smallest absolute Gasteiger partial charge is 0.124 e. The minimum Gasteiger partial charge on any atom is -0.303 e. The van der Waals surface area contributed by atoms with Gasteiger partial charge in [0.25, 0.3) is 0 Å². The maximum Gasteiger partial charge on any atom is 0.124 e. The molecule has 1 nitrogen and oxygen atoms in total. The van der Waals surface area contributed by atoms with Crippen molar-refractivity contribution in [3.8, 4) is 0 Å². The molecule has 0 saturated heterocycles. The molecule has 0 aliphatic heterocycles. The molecule has 1 aromatic carbocycles. The maximum absolute atomic E-state index is 10.5. The molecule has 0 aliphatic carbocycles. The maximum atomic E-state index is 10.5. The zero-order valence-corrected chi connectivity index (χ0v) is 7.71. The summed E-state index contributed by atoms with van der Waals surface area (Å²) in [4.78, 5) is 10.5. The van der Waals surface area contributed by atoms with Crippen LogP contribution in [0.15, 0.2) is 30.3 Å². The normalized spacial score (nSPS) is 12.4. The minimum absolute atomic E-state index is 0.0516. The van der Waals surface area contributed by atoms with Crippen molar-refractivity contribution in [3.63, 3.8) is 0 Å². The van der Waals surface area contributed by atoms with Crippen LogP contribution in [0.4, 0.5) is 0 Å². The van der Waals surface area contributed by atoms with Gasteiger partial charge in [0, 0.05) is 11.7 Å². The average molecular weight is 180 g/mol. The van der Waals surface area contributed by atoms with Crippen molar-refractivity contribution >= 4 is 18.9 Å². The highest BCUT2D eigenvalue weighted by Crippen LogP contribution is 2.07. The van der Waals surface area contributed by atoms with Crippen molar-refractivity contribution in [2.24, 2.45) is 5.92 Å². The number of thiol groups is 1. The fraction of sp³-hybridized carbons (Fsp3) is 0.300. The topological polar surface area (TPSA) is 17.1 Å². The van der Waals surface area contributed by atoms with E-state index in [1.165, 1.54) is 5.56 Å². The van der Waals surface area contributed by atoms with Gasteiger partial charge in [-0.3, -0.25) is 0 Å². The van der Waals surface area contributed by atoms with Gasteiger partial charge in [-0.2, -0.15) is 12.6 Å². The van der Waals surface area contributed by atoms with Crippen LogP contribution in [0.1, 0.15) is 5.56 Å².